The van der Waals surface area contributed by atoms with Crippen molar-refractivity contribution in [3.8, 4) is 17.0 Å². The van der Waals surface area contributed by atoms with Gasteiger partial charge >= 0.3 is 0 Å². The lowest BCUT2D eigenvalue weighted by molar-refractivity contribution is -0.132. The molecule has 2 unspecified atom stereocenters. The first kappa shape index (κ1) is 38.1. The molecule has 58 heavy (non-hydrogen) atoms. The number of benzene rings is 3. The fourth-order valence-corrected chi connectivity index (χ4v) is 7.65. The van der Waals surface area contributed by atoms with E-state index in [1.54, 1.807) is 6.20 Å². The van der Waals surface area contributed by atoms with Crippen LogP contribution in [0.1, 0.15) is 52.0 Å². The van der Waals surface area contributed by atoms with Gasteiger partial charge in [0.1, 0.15) is 18.0 Å². The second-order valence-corrected chi connectivity index (χ2v) is 14.5. The summed E-state index contributed by atoms with van der Waals surface area (Å²) in [6, 6.07) is 19.9. The van der Waals surface area contributed by atoms with Crippen molar-refractivity contribution >= 4 is 52.4 Å². The number of aromatic nitrogens is 3. The van der Waals surface area contributed by atoms with Crippen molar-refractivity contribution < 1.29 is 33.8 Å². The molecule has 5 heterocycles. The van der Waals surface area contributed by atoms with E-state index in [9.17, 15) is 29.1 Å². The van der Waals surface area contributed by atoms with Gasteiger partial charge in [0, 0.05) is 68.5 Å². The zero-order valence-corrected chi connectivity index (χ0v) is 31.9. The molecular weight excluding hydrogens is 743 g/mol. The summed E-state index contributed by atoms with van der Waals surface area (Å²) < 4.78 is 7.68. The average molecular weight is 786 g/mol. The van der Waals surface area contributed by atoms with Crippen LogP contribution in [0.25, 0.3) is 16.9 Å². The molecule has 0 bridgehead atoms. The smallest absolute Gasteiger partial charge is 0.266 e. The normalized spacial score (nSPS) is 18.0. The number of hydrogen-bond acceptors (Lipinski definition) is 11. The minimum absolute atomic E-state index is 0.0102. The third-order valence-corrected chi connectivity index (χ3v) is 10.7. The van der Waals surface area contributed by atoms with E-state index in [0.717, 1.165) is 33.2 Å². The molecule has 16 heteroatoms. The van der Waals surface area contributed by atoms with Crippen LogP contribution in [-0.4, -0.2) is 110 Å². The van der Waals surface area contributed by atoms with Gasteiger partial charge in [0.05, 0.1) is 23.0 Å². The number of carbonyl (C=O) groups is 5. The highest BCUT2D eigenvalue weighted by molar-refractivity contribution is 6.24. The Kier molecular flexibility index (Phi) is 10.7. The Balaban J connectivity index is 0.764. The van der Waals surface area contributed by atoms with Gasteiger partial charge in [0.15, 0.2) is 18.1 Å². The molecule has 0 radical (unpaired) electrons. The van der Waals surface area contributed by atoms with Crippen molar-refractivity contribution in [2.24, 2.45) is 0 Å². The lowest BCUT2D eigenvalue weighted by Gasteiger charge is -2.36. The number of piperazine rings is 1. The minimum atomic E-state index is -1.05. The van der Waals surface area contributed by atoms with Crippen LogP contribution in [0, 0.1) is 6.92 Å². The van der Waals surface area contributed by atoms with Crippen LogP contribution in [0.2, 0.25) is 0 Å². The number of imide groups is 1. The predicted molar refractivity (Wildman–Crippen MR) is 214 cm³/mol. The first-order valence-corrected chi connectivity index (χ1v) is 19.3. The number of anilines is 3. The largest absolute Gasteiger partial charge is 0.483 e. The van der Waals surface area contributed by atoms with Crippen molar-refractivity contribution in [2.75, 3.05) is 49.5 Å². The monoisotopic (exact) mass is 785 g/mol. The van der Waals surface area contributed by atoms with Crippen molar-refractivity contribution in [2.45, 2.75) is 44.9 Å². The second kappa shape index (κ2) is 16.3. The topological polar surface area (TPSA) is 191 Å². The number of rotatable bonds is 12. The van der Waals surface area contributed by atoms with Gasteiger partial charge in [0.2, 0.25) is 11.8 Å². The summed E-state index contributed by atoms with van der Waals surface area (Å²) in [5, 5.41) is 18.2. The number of aliphatic hydroxyl groups excluding tert-OH is 1. The molecule has 4 N–H and O–H groups in total. The molecule has 8 rings (SSSR count). The molecule has 2 saturated heterocycles. The Bertz CT molecular complexity index is 2390. The molecule has 0 spiro atoms. The van der Waals surface area contributed by atoms with Gasteiger partial charge in [-0.15, -0.1) is 0 Å². The van der Waals surface area contributed by atoms with Crippen LogP contribution in [0.4, 0.5) is 17.2 Å². The summed E-state index contributed by atoms with van der Waals surface area (Å²) in [5.41, 5.74) is 5.94. The van der Waals surface area contributed by atoms with E-state index in [1.165, 1.54) is 23.8 Å². The molecule has 5 amide bonds. The van der Waals surface area contributed by atoms with E-state index in [0.29, 0.717) is 38.4 Å². The highest BCUT2D eigenvalue weighted by Crippen LogP contribution is 2.34. The van der Waals surface area contributed by atoms with E-state index in [2.05, 4.69) is 63.1 Å². The first-order chi connectivity index (χ1) is 28.1. The van der Waals surface area contributed by atoms with E-state index in [-0.39, 0.29) is 48.6 Å². The van der Waals surface area contributed by atoms with E-state index in [4.69, 9.17) is 9.72 Å². The second-order valence-electron chi connectivity index (χ2n) is 14.5. The lowest BCUT2D eigenvalue weighted by Crippen LogP contribution is -2.55. The number of aryl methyl sites for hydroxylation is 1. The lowest BCUT2D eigenvalue weighted by atomic mass is 10.0. The number of amides is 5. The molecule has 2 atom stereocenters. The van der Waals surface area contributed by atoms with Gasteiger partial charge in [-0.05, 0) is 68.7 Å². The molecule has 298 valence electrons. The predicted octanol–water partition coefficient (Wildman–Crippen LogP) is 3.27. The summed E-state index contributed by atoms with van der Waals surface area (Å²) in [6.07, 6.45) is 5.57. The number of hydrogen-bond donors (Lipinski definition) is 4. The van der Waals surface area contributed by atoms with Crippen LogP contribution < -0.4 is 25.6 Å². The highest BCUT2D eigenvalue weighted by atomic mass is 16.5. The van der Waals surface area contributed by atoms with Crippen LogP contribution in [0.3, 0.4) is 0 Å². The third-order valence-electron chi connectivity index (χ3n) is 10.7. The zero-order chi connectivity index (χ0) is 40.3. The number of nitrogens with zero attached hydrogens (tertiary/aromatic N) is 6. The summed E-state index contributed by atoms with van der Waals surface area (Å²) in [5.74, 6) is -1.65. The van der Waals surface area contributed by atoms with Crippen LogP contribution in [-0.2, 0) is 14.4 Å². The van der Waals surface area contributed by atoms with Gasteiger partial charge in [-0.3, -0.25) is 33.3 Å². The van der Waals surface area contributed by atoms with E-state index >= 15 is 0 Å². The van der Waals surface area contributed by atoms with E-state index in [1.807, 2.05) is 39.9 Å². The Hall–Kier alpha value is -6.81. The first-order valence-electron chi connectivity index (χ1n) is 19.3. The van der Waals surface area contributed by atoms with E-state index < -0.39 is 42.5 Å². The van der Waals surface area contributed by atoms with Crippen LogP contribution >= 0.6 is 0 Å². The standard InChI is InChI=1S/C42H43N9O7/c1-26-5-2-6-27(23-26)32-24-45-38(39-44-17-18-50(32)39)46-28-10-12-29(13-11-28)48-19-21-49(22-20-48)36(54)9-4-16-43-35(53)25-58-33-8-3-7-30-37(33)42(57)51(41(30)56)31-14-15-34(52)47-40(31)55/h2-3,5-8,10-13,17-18,23-24,31,34,52H,4,9,14-16,19-22,25H2,1H3,(H,43,53)(H,45,46)(H,47,55). The molecule has 0 aliphatic carbocycles. The molecule has 0 saturated carbocycles. The zero-order valence-electron chi connectivity index (χ0n) is 31.9. The molecule has 3 aromatic carbocycles. The summed E-state index contributed by atoms with van der Waals surface area (Å²) in [7, 11) is 0. The molecule has 3 aliphatic heterocycles. The maximum absolute atomic E-state index is 13.3. The Morgan fingerprint density at radius 2 is 1.74 bits per heavy atom. The maximum atomic E-state index is 13.3. The van der Waals surface area contributed by atoms with Crippen molar-refractivity contribution in [1.82, 2.24) is 34.8 Å². The average Bonchev–Trinajstić information content (AvgIpc) is 3.82. The molecule has 2 aromatic heterocycles. The molecule has 16 nitrogen and oxygen atoms in total. The summed E-state index contributed by atoms with van der Waals surface area (Å²) in [4.78, 5) is 78.6. The van der Waals surface area contributed by atoms with Gasteiger partial charge in [-0.2, -0.15) is 0 Å². The fourth-order valence-electron chi connectivity index (χ4n) is 7.65. The SMILES string of the molecule is Cc1cccc(-c2cnc(Nc3ccc(N4CCN(C(=O)CCCNC(=O)COc5cccc6c5C(=O)N(C5CCC(O)NC5=O)C6=O)CC4)cc3)c3nccn23)c1. The molecular formula is C42H43N9O7. The molecule has 5 aromatic rings. The summed E-state index contributed by atoms with van der Waals surface area (Å²) >= 11 is 0. The maximum Gasteiger partial charge on any atom is 0.266 e. The van der Waals surface area contributed by atoms with Gasteiger partial charge < -0.3 is 35.6 Å². The third kappa shape index (κ3) is 7.78. The van der Waals surface area contributed by atoms with Gasteiger partial charge in [-0.1, -0.05) is 29.8 Å². The van der Waals surface area contributed by atoms with Gasteiger partial charge in [0.25, 0.3) is 17.7 Å². The van der Waals surface area contributed by atoms with Crippen LogP contribution in [0.5, 0.6) is 5.75 Å². The fraction of sp³-hybridized carbons (Fsp3) is 0.310. The number of piperidine rings is 1. The minimum Gasteiger partial charge on any atom is -0.483 e. The van der Waals surface area contributed by atoms with Crippen LogP contribution in [0.15, 0.2) is 85.3 Å². The number of aliphatic hydroxyl groups is 1. The number of carbonyl (C=O) groups excluding carboxylic acids is 5. The molecule has 2 fully saturated rings. The van der Waals surface area contributed by atoms with Crippen molar-refractivity contribution in [3.63, 3.8) is 0 Å². The summed E-state index contributed by atoms with van der Waals surface area (Å²) in [6.45, 7) is 4.46. The number of nitrogens with one attached hydrogen (secondary N) is 3. The van der Waals surface area contributed by atoms with Gasteiger partial charge in [-0.25, -0.2) is 9.97 Å². The number of imidazole rings is 1. The number of ether oxygens (including phenoxy) is 1. The Morgan fingerprint density at radius 1 is 0.948 bits per heavy atom. The number of fused-ring (bicyclic) bond motifs is 2. The quantitative estimate of drug-likeness (QED) is 0.107. The Labute approximate surface area is 333 Å². The molecule has 3 aliphatic rings. The van der Waals surface area contributed by atoms with Crippen molar-refractivity contribution in [3.05, 3.63) is 102 Å². The highest BCUT2D eigenvalue weighted by Gasteiger charge is 2.46. The van der Waals surface area contributed by atoms with Crippen molar-refractivity contribution in [1.29, 1.82) is 0 Å². The Morgan fingerprint density at radius 3 is 2.52 bits per heavy atom.